The molecule has 1 aromatic carbocycles. The highest BCUT2D eigenvalue weighted by atomic mass is 28.4. The van der Waals surface area contributed by atoms with Gasteiger partial charge in [-0.3, -0.25) is 4.90 Å². The Morgan fingerprint density at radius 3 is 2.48 bits per heavy atom. The van der Waals surface area contributed by atoms with E-state index < -0.39 is 8.32 Å². The smallest absolute Gasteiger partial charge is 0.192 e. The molecule has 1 aromatic heterocycles. The first-order valence-corrected chi connectivity index (χ1v) is 13.0. The zero-order chi connectivity index (χ0) is 19.7. The third-order valence-electron chi connectivity index (χ3n) is 6.35. The minimum atomic E-state index is -1.76. The molecule has 2 atom stereocenters. The summed E-state index contributed by atoms with van der Waals surface area (Å²) in [6.07, 6.45) is 6.36. The number of aryl methyl sites for hydroxylation is 1. The van der Waals surface area contributed by atoms with E-state index in [-0.39, 0.29) is 5.04 Å². The van der Waals surface area contributed by atoms with Crippen LogP contribution in [0, 0.1) is 0 Å². The Morgan fingerprint density at radius 1 is 1.19 bits per heavy atom. The maximum Gasteiger partial charge on any atom is 0.192 e. The molecule has 0 amide bonds. The van der Waals surface area contributed by atoms with E-state index in [0.29, 0.717) is 12.1 Å². The number of hydrogen-bond donors (Lipinski definition) is 0. The number of nitrogens with zero attached hydrogens (tertiary/aromatic N) is 3. The molecule has 0 saturated carbocycles. The Bertz CT molecular complexity index is 736. The third kappa shape index (κ3) is 4.89. The summed E-state index contributed by atoms with van der Waals surface area (Å²) in [6, 6.07) is 11.3. The van der Waals surface area contributed by atoms with Gasteiger partial charge in [0, 0.05) is 44.5 Å². The van der Waals surface area contributed by atoms with Crippen molar-refractivity contribution in [2.24, 2.45) is 7.05 Å². The lowest BCUT2D eigenvalue weighted by Gasteiger charge is -2.38. The van der Waals surface area contributed by atoms with E-state index in [9.17, 15) is 0 Å². The third-order valence-corrected chi connectivity index (χ3v) is 10.9. The van der Waals surface area contributed by atoms with Gasteiger partial charge in [-0.2, -0.15) is 0 Å². The molecule has 1 saturated heterocycles. The lowest BCUT2D eigenvalue weighted by atomic mass is 10.1. The number of hydrogen-bond acceptors (Lipinski definition) is 3. The normalized spacial score (nSPS) is 21.7. The number of likely N-dealkylation sites (tertiary alicyclic amines) is 1. The van der Waals surface area contributed by atoms with E-state index in [1.165, 1.54) is 11.3 Å². The van der Waals surface area contributed by atoms with Gasteiger partial charge in [-0.1, -0.05) is 51.1 Å². The molecule has 0 N–H and O–H groups in total. The molecule has 3 rings (SSSR count). The van der Waals surface area contributed by atoms with Crippen LogP contribution in [0.3, 0.4) is 0 Å². The Morgan fingerprint density at radius 2 is 1.89 bits per heavy atom. The molecule has 0 bridgehead atoms. The number of imidazole rings is 1. The molecule has 1 fully saturated rings. The van der Waals surface area contributed by atoms with E-state index in [4.69, 9.17) is 4.43 Å². The van der Waals surface area contributed by atoms with Crippen molar-refractivity contribution in [3.63, 3.8) is 0 Å². The molecule has 2 aromatic rings. The van der Waals surface area contributed by atoms with Gasteiger partial charge in [0.1, 0.15) is 0 Å². The standard InChI is InChI=1S/C22H35N3OSi/c1-22(2,3)27(5,6)26-21-13-19(12-20-14-23-17-24(20)4)25(16-21)15-18-10-8-7-9-11-18/h7-11,14,17,19,21H,12-13,15-16H2,1-6H3/t19-,21-/m1/s1. The second-order valence-electron chi connectivity index (χ2n) is 9.50. The Kier molecular flexibility index (Phi) is 5.94. The van der Waals surface area contributed by atoms with Crippen molar-refractivity contribution in [1.82, 2.24) is 14.5 Å². The summed E-state index contributed by atoms with van der Waals surface area (Å²) < 4.78 is 8.93. The maximum atomic E-state index is 6.79. The summed E-state index contributed by atoms with van der Waals surface area (Å²) in [5, 5.41) is 0.247. The number of rotatable bonds is 6. The summed E-state index contributed by atoms with van der Waals surface area (Å²) in [7, 11) is 0.330. The lowest BCUT2D eigenvalue weighted by Crippen LogP contribution is -2.44. The first-order valence-electron chi connectivity index (χ1n) is 10.1. The summed E-state index contributed by atoms with van der Waals surface area (Å²) in [4.78, 5) is 6.91. The quantitative estimate of drug-likeness (QED) is 0.679. The van der Waals surface area contributed by atoms with Gasteiger partial charge in [-0.05, 0) is 30.1 Å². The van der Waals surface area contributed by atoms with Gasteiger partial charge in [0.05, 0.1) is 12.4 Å². The van der Waals surface area contributed by atoms with Crippen molar-refractivity contribution in [2.45, 2.75) is 70.4 Å². The molecule has 27 heavy (non-hydrogen) atoms. The average molecular weight is 386 g/mol. The first kappa shape index (κ1) is 20.3. The Balaban J connectivity index is 1.75. The van der Waals surface area contributed by atoms with Gasteiger partial charge in [-0.15, -0.1) is 0 Å². The van der Waals surface area contributed by atoms with Crippen molar-refractivity contribution < 1.29 is 4.43 Å². The van der Waals surface area contributed by atoms with Crippen LogP contribution in [0.2, 0.25) is 18.1 Å². The van der Waals surface area contributed by atoms with Crippen LogP contribution < -0.4 is 0 Å². The highest BCUT2D eigenvalue weighted by molar-refractivity contribution is 6.74. The topological polar surface area (TPSA) is 30.3 Å². The lowest BCUT2D eigenvalue weighted by molar-refractivity contribution is 0.177. The second kappa shape index (κ2) is 7.90. The SMILES string of the molecule is Cn1cncc1C[C@@H]1C[C@@H](O[Si](C)(C)C(C)(C)C)CN1Cc1ccccc1. The molecular formula is C22H35N3OSi. The molecule has 0 unspecified atom stereocenters. The molecular weight excluding hydrogens is 350 g/mol. The van der Waals surface area contributed by atoms with E-state index in [2.05, 4.69) is 85.7 Å². The van der Waals surface area contributed by atoms with E-state index in [1.54, 1.807) is 0 Å². The Hall–Kier alpha value is -1.43. The molecule has 0 radical (unpaired) electrons. The van der Waals surface area contributed by atoms with Gasteiger partial charge in [-0.25, -0.2) is 4.98 Å². The van der Waals surface area contributed by atoms with E-state index in [1.807, 2.05) is 12.5 Å². The predicted molar refractivity (Wildman–Crippen MR) is 114 cm³/mol. The number of benzene rings is 1. The van der Waals surface area contributed by atoms with Crippen molar-refractivity contribution in [3.05, 3.63) is 54.1 Å². The van der Waals surface area contributed by atoms with Gasteiger partial charge in [0.25, 0.3) is 0 Å². The number of aromatic nitrogens is 2. The van der Waals surface area contributed by atoms with Crippen LogP contribution in [0.4, 0.5) is 0 Å². The molecule has 0 aliphatic carbocycles. The molecule has 1 aliphatic rings. The van der Waals surface area contributed by atoms with Crippen molar-refractivity contribution in [3.8, 4) is 0 Å². The fraction of sp³-hybridized carbons (Fsp3) is 0.591. The van der Waals surface area contributed by atoms with Crippen LogP contribution in [0.25, 0.3) is 0 Å². The fourth-order valence-electron chi connectivity index (χ4n) is 3.66. The fourth-order valence-corrected chi connectivity index (χ4v) is 5.02. The monoisotopic (exact) mass is 385 g/mol. The highest BCUT2D eigenvalue weighted by Gasteiger charge is 2.42. The molecule has 4 nitrogen and oxygen atoms in total. The van der Waals surface area contributed by atoms with Crippen molar-refractivity contribution in [1.29, 1.82) is 0 Å². The van der Waals surface area contributed by atoms with E-state index in [0.717, 1.165) is 25.9 Å². The minimum absolute atomic E-state index is 0.247. The van der Waals surface area contributed by atoms with Crippen LogP contribution in [0.1, 0.15) is 38.4 Å². The highest BCUT2D eigenvalue weighted by Crippen LogP contribution is 2.39. The second-order valence-corrected chi connectivity index (χ2v) is 14.3. The summed E-state index contributed by atoms with van der Waals surface area (Å²) in [5.41, 5.74) is 2.67. The van der Waals surface area contributed by atoms with Crippen molar-refractivity contribution in [2.75, 3.05) is 6.54 Å². The van der Waals surface area contributed by atoms with Gasteiger partial charge < -0.3 is 8.99 Å². The molecule has 5 heteroatoms. The zero-order valence-electron chi connectivity index (χ0n) is 17.8. The van der Waals surface area contributed by atoms with Crippen LogP contribution in [0.5, 0.6) is 0 Å². The summed E-state index contributed by atoms with van der Waals surface area (Å²) in [5.74, 6) is 0. The molecule has 0 spiro atoms. The average Bonchev–Trinajstić information content (AvgIpc) is 3.14. The zero-order valence-corrected chi connectivity index (χ0v) is 18.8. The van der Waals surface area contributed by atoms with Crippen LogP contribution >= 0.6 is 0 Å². The van der Waals surface area contributed by atoms with Crippen LogP contribution in [-0.4, -0.2) is 41.5 Å². The van der Waals surface area contributed by atoms with Gasteiger partial charge in [0.2, 0.25) is 0 Å². The first-order chi connectivity index (χ1) is 12.7. The summed E-state index contributed by atoms with van der Waals surface area (Å²) in [6.45, 7) is 13.7. The molecule has 148 valence electrons. The van der Waals surface area contributed by atoms with E-state index >= 15 is 0 Å². The largest absolute Gasteiger partial charge is 0.413 e. The van der Waals surface area contributed by atoms with Crippen LogP contribution in [0.15, 0.2) is 42.9 Å². The van der Waals surface area contributed by atoms with Gasteiger partial charge >= 0.3 is 0 Å². The van der Waals surface area contributed by atoms with Crippen molar-refractivity contribution >= 4 is 8.32 Å². The van der Waals surface area contributed by atoms with Crippen LogP contribution in [-0.2, 0) is 24.4 Å². The predicted octanol–water partition coefficient (Wildman–Crippen LogP) is 4.63. The minimum Gasteiger partial charge on any atom is -0.413 e. The summed E-state index contributed by atoms with van der Waals surface area (Å²) >= 11 is 0. The molecule has 1 aliphatic heterocycles. The maximum absolute atomic E-state index is 6.79. The Labute approximate surface area is 165 Å². The molecule has 2 heterocycles. The van der Waals surface area contributed by atoms with Gasteiger partial charge in [0.15, 0.2) is 8.32 Å².